The van der Waals surface area contributed by atoms with Crippen molar-refractivity contribution in [3.63, 3.8) is 0 Å². The van der Waals surface area contributed by atoms with Gasteiger partial charge >= 0.3 is 5.97 Å². The first kappa shape index (κ1) is 20.2. The van der Waals surface area contributed by atoms with Crippen LogP contribution in [-0.2, 0) is 16.5 Å². The average Bonchev–Trinajstić information content (AvgIpc) is 3.00. The lowest BCUT2D eigenvalue weighted by molar-refractivity contribution is 0.0474. The largest absolute Gasteiger partial charge is 0.454 e. The molecule has 0 N–H and O–H groups in total. The van der Waals surface area contributed by atoms with E-state index in [9.17, 15) is 9.59 Å². The van der Waals surface area contributed by atoms with Crippen molar-refractivity contribution in [1.82, 2.24) is 14.3 Å². The number of carbonyl (C=O) groups excluding carboxylic acids is 2. The number of Topliss-reactive ketones (excluding diaryl/α,β-unsaturated/α-hetero) is 1. The van der Waals surface area contributed by atoms with Crippen molar-refractivity contribution >= 4 is 23.4 Å². The average molecular weight is 382 g/mol. The first-order valence-corrected chi connectivity index (χ1v) is 8.63. The van der Waals surface area contributed by atoms with Gasteiger partial charge < -0.3 is 14.0 Å². The maximum absolute atomic E-state index is 12.5. The van der Waals surface area contributed by atoms with Gasteiger partial charge in [0.2, 0.25) is 5.78 Å². The molecule has 2 rings (SSSR count). The first-order chi connectivity index (χ1) is 12.2. The van der Waals surface area contributed by atoms with Gasteiger partial charge in [0.1, 0.15) is 10.7 Å². The van der Waals surface area contributed by atoms with Gasteiger partial charge in [0.15, 0.2) is 6.61 Å². The second kappa shape index (κ2) is 8.05. The number of aryl methyl sites for hydroxylation is 3. The number of carbonyl (C=O) groups is 2. The SMILES string of the molecule is COCC(C)n1c(C)cc(C(=O)COC(=O)c2c(C)nn(C)c2Cl)c1C. The van der Waals surface area contributed by atoms with Gasteiger partial charge in [-0.1, -0.05) is 11.6 Å². The van der Waals surface area contributed by atoms with Crippen LogP contribution in [0.4, 0.5) is 0 Å². The molecule has 7 nitrogen and oxygen atoms in total. The van der Waals surface area contributed by atoms with Gasteiger partial charge in [0.05, 0.1) is 18.3 Å². The topological polar surface area (TPSA) is 75.3 Å². The number of aromatic nitrogens is 3. The van der Waals surface area contributed by atoms with E-state index in [1.54, 1.807) is 27.1 Å². The van der Waals surface area contributed by atoms with E-state index in [2.05, 4.69) is 5.10 Å². The van der Waals surface area contributed by atoms with Gasteiger partial charge in [-0.15, -0.1) is 0 Å². The second-order valence-corrected chi connectivity index (χ2v) is 6.69. The van der Waals surface area contributed by atoms with E-state index in [1.807, 2.05) is 25.3 Å². The zero-order valence-corrected chi connectivity index (χ0v) is 16.7. The molecule has 2 aromatic heterocycles. The predicted octanol–water partition coefficient (Wildman–Crippen LogP) is 3.05. The van der Waals surface area contributed by atoms with Crippen LogP contribution in [0.3, 0.4) is 0 Å². The summed E-state index contributed by atoms with van der Waals surface area (Å²) in [6, 6.07) is 1.90. The number of ketones is 1. The molecule has 0 spiro atoms. The monoisotopic (exact) mass is 381 g/mol. The fraction of sp³-hybridized carbons (Fsp3) is 0.500. The van der Waals surface area contributed by atoms with Crippen molar-refractivity contribution in [2.24, 2.45) is 7.05 Å². The number of halogens is 1. The van der Waals surface area contributed by atoms with Crippen molar-refractivity contribution in [2.45, 2.75) is 33.7 Å². The Bertz CT molecular complexity index is 838. The van der Waals surface area contributed by atoms with E-state index < -0.39 is 5.97 Å². The van der Waals surface area contributed by atoms with Crippen molar-refractivity contribution in [3.8, 4) is 0 Å². The summed E-state index contributed by atoms with van der Waals surface area (Å²) in [4.78, 5) is 24.8. The molecule has 1 atom stereocenters. The molecule has 0 radical (unpaired) electrons. The fourth-order valence-corrected chi connectivity index (χ4v) is 3.45. The third-order valence-corrected chi connectivity index (χ3v) is 4.76. The summed E-state index contributed by atoms with van der Waals surface area (Å²) in [5.74, 6) is -0.921. The van der Waals surface area contributed by atoms with E-state index in [-0.39, 0.29) is 29.1 Å². The molecule has 0 aliphatic heterocycles. The van der Waals surface area contributed by atoms with Gasteiger partial charge in [0, 0.05) is 31.1 Å². The zero-order valence-electron chi connectivity index (χ0n) is 15.9. The summed E-state index contributed by atoms with van der Waals surface area (Å²) >= 11 is 6.05. The Balaban J connectivity index is 2.13. The molecule has 0 saturated heterocycles. The lowest BCUT2D eigenvalue weighted by Crippen LogP contribution is -2.17. The van der Waals surface area contributed by atoms with E-state index in [0.29, 0.717) is 17.9 Å². The Hall–Kier alpha value is -2.12. The van der Waals surface area contributed by atoms with Crippen molar-refractivity contribution in [1.29, 1.82) is 0 Å². The number of methoxy groups -OCH3 is 1. The summed E-state index contributed by atoms with van der Waals surface area (Å²) < 4.78 is 13.8. The number of esters is 1. The highest BCUT2D eigenvalue weighted by Crippen LogP contribution is 2.22. The maximum Gasteiger partial charge on any atom is 0.343 e. The Morgan fingerprint density at radius 1 is 1.31 bits per heavy atom. The summed E-state index contributed by atoms with van der Waals surface area (Å²) in [5, 5.41) is 4.25. The smallest absolute Gasteiger partial charge is 0.343 e. The molecule has 0 aliphatic carbocycles. The Morgan fingerprint density at radius 2 is 1.96 bits per heavy atom. The van der Waals surface area contributed by atoms with Crippen LogP contribution in [0, 0.1) is 20.8 Å². The van der Waals surface area contributed by atoms with Gasteiger partial charge in [-0.3, -0.25) is 9.48 Å². The number of nitrogens with zero attached hydrogens (tertiary/aromatic N) is 3. The quantitative estimate of drug-likeness (QED) is 0.544. The predicted molar refractivity (Wildman–Crippen MR) is 98.1 cm³/mol. The first-order valence-electron chi connectivity index (χ1n) is 8.25. The highest BCUT2D eigenvalue weighted by atomic mass is 35.5. The molecule has 0 aliphatic rings. The molecule has 0 bridgehead atoms. The minimum atomic E-state index is -0.657. The molecule has 0 fully saturated rings. The molecule has 142 valence electrons. The zero-order chi connectivity index (χ0) is 19.6. The molecule has 0 aromatic carbocycles. The lowest BCUT2D eigenvalue weighted by Gasteiger charge is -2.17. The lowest BCUT2D eigenvalue weighted by atomic mass is 10.1. The van der Waals surface area contributed by atoms with Gasteiger partial charge in [-0.2, -0.15) is 5.10 Å². The van der Waals surface area contributed by atoms with Gasteiger partial charge in [-0.05, 0) is 33.8 Å². The molecule has 8 heteroatoms. The molecular formula is C18H24ClN3O4. The number of hydrogen-bond acceptors (Lipinski definition) is 5. The minimum Gasteiger partial charge on any atom is -0.454 e. The van der Waals surface area contributed by atoms with E-state index in [1.165, 1.54) is 4.68 Å². The van der Waals surface area contributed by atoms with Crippen molar-refractivity contribution < 1.29 is 19.1 Å². The summed E-state index contributed by atoms with van der Waals surface area (Å²) in [5.41, 5.74) is 2.95. The fourth-order valence-electron chi connectivity index (χ4n) is 3.20. The Kier molecular flexibility index (Phi) is 6.26. The number of ether oxygens (including phenoxy) is 2. The molecular weight excluding hydrogens is 358 g/mol. The summed E-state index contributed by atoms with van der Waals surface area (Å²) in [6.07, 6.45) is 0. The minimum absolute atomic E-state index is 0.0981. The van der Waals surface area contributed by atoms with E-state index in [4.69, 9.17) is 21.1 Å². The van der Waals surface area contributed by atoms with Crippen LogP contribution >= 0.6 is 11.6 Å². The van der Waals surface area contributed by atoms with Crippen LogP contribution < -0.4 is 0 Å². The van der Waals surface area contributed by atoms with Crippen LogP contribution in [0.1, 0.15) is 50.8 Å². The van der Waals surface area contributed by atoms with Crippen molar-refractivity contribution in [2.75, 3.05) is 20.3 Å². The highest BCUT2D eigenvalue weighted by molar-refractivity contribution is 6.32. The third-order valence-electron chi connectivity index (χ3n) is 4.32. The van der Waals surface area contributed by atoms with Crippen LogP contribution in [0.5, 0.6) is 0 Å². The summed E-state index contributed by atoms with van der Waals surface area (Å²) in [6.45, 7) is 7.67. The second-order valence-electron chi connectivity index (χ2n) is 6.33. The number of hydrogen-bond donors (Lipinski definition) is 0. The molecule has 2 heterocycles. The van der Waals surface area contributed by atoms with E-state index >= 15 is 0 Å². The van der Waals surface area contributed by atoms with E-state index in [0.717, 1.165) is 11.4 Å². The summed E-state index contributed by atoms with van der Waals surface area (Å²) in [7, 11) is 3.27. The van der Waals surface area contributed by atoms with Crippen LogP contribution in [0.25, 0.3) is 0 Å². The molecule has 0 saturated carbocycles. The Labute approximate surface area is 157 Å². The number of rotatable bonds is 7. The van der Waals surface area contributed by atoms with Gasteiger partial charge in [-0.25, -0.2) is 4.79 Å². The molecule has 0 amide bonds. The van der Waals surface area contributed by atoms with Crippen molar-refractivity contribution in [3.05, 3.63) is 39.4 Å². The molecule has 1 unspecified atom stereocenters. The Morgan fingerprint density at radius 3 is 2.50 bits per heavy atom. The normalized spacial score (nSPS) is 12.3. The van der Waals surface area contributed by atoms with Crippen LogP contribution in [0.15, 0.2) is 6.07 Å². The van der Waals surface area contributed by atoms with Gasteiger partial charge in [0.25, 0.3) is 0 Å². The standard InChI is InChI=1S/C18H24ClN3O4/c1-10-7-14(13(4)22(10)11(2)8-25-6)15(23)9-26-18(24)16-12(3)20-21(5)17(16)19/h7,11H,8-9H2,1-6H3. The molecule has 2 aromatic rings. The molecule has 26 heavy (non-hydrogen) atoms. The highest BCUT2D eigenvalue weighted by Gasteiger charge is 2.23. The van der Waals surface area contributed by atoms with Crippen LogP contribution in [-0.4, -0.2) is 46.4 Å². The van der Waals surface area contributed by atoms with Crippen LogP contribution in [0.2, 0.25) is 5.15 Å². The third kappa shape index (κ3) is 3.83. The maximum atomic E-state index is 12.5.